The van der Waals surface area contributed by atoms with E-state index in [0.29, 0.717) is 0 Å². The molecular formula is C17H26N2O. The fourth-order valence-electron chi connectivity index (χ4n) is 3.12. The van der Waals surface area contributed by atoms with Crippen molar-refractivity contribution in [1.82, 2.24) is 10.2 Å². The van der Waals surface area contributed by atoms with Crippen LogP contribution in [0.1, 0.15) is 37.7 Å². The minimum Gasteiger partial charge on any atom is -0.354 e. The topological polar surface area (TPSA) is 32.3 Å². The summed E-state index contributed by atoms with van der Waals surface area (Å²) in [6.45, 7) is 1.61. The Kier molecular flexibility index (Phi) is 5.18. The monoisotopic (exact) mass is 274 g/mol. The maximum atomic E-state index is 12.8. The maximum absolute atomic E-state index is 12.8. The van der Waals surface area contributed by atoms with Crippen molar-refractivity contribution in [3.05, 3.63) is 35.9 Å². The molecule has 20 heavy (non-hydrogen) atoms. The summed E-state index contributed by atoms with van der Waals surface area (Å²) in [5.41, 5.74) is 0.883. The van der Waals surface area contributed by atoms with Crippen LogP contribution in [-0.4, -0.2) is 38.0 Å². The van der Waals surface area contributed by atoms with Crippen LogP contribution < -0.4 is 5.32 Å². The minimum absolute atomic E-state index is 0.213. The number of nitrogens with one attached hydrogen (secondary N) is 1. The van der Waals surface area contributed by atoms with Gasteiger partial charge in [-0.3, -0.25) is 4.79 Å². The van der Waals surface area contributed by atoms with Gasteiger partial charge in [-0.1, -0.05) is 49.6 Å². The van der Waals surface area contributed by atoms with E-state index < -0.39 is 0 Å². The van der Waals surface area contributed by atoms with Crippen LogP contribution in [0.4, 0.5) is 0 Å². The lowest BCUT2D eigenvalue weighted by Gasteiger charge is -2.36. The zero-order chi connectivity index (χ0) is 14.4. The van der Waals surface area contributed by atoms with Gasteiger partial charge in [0.05, 0.1) is 5.41 Å². The molecule has 1 aliphatic carbocycles. The van der Waals surface area contributed by atoms with E-state index in [9.17, 15) is 4.79 Å². The second-order valence-corrected chi connectivity index (χ2v) is 6.07. The molecule has 0 radical (unpaired) electrons. The van der Waals surface area contributed by atoms with Gasteiger partial charge in [0.25, 0.3) is 0 Å². The number of carbonyl (C=O) groups is 1. The Labute approximate surface area is 122 Å². The molecule has 1 aromatic rings. The summed E-state index contributed by atoms with van der Waals surface area (Å²) in [7, 11) is 4.06. The molecule has 3 heteroatoms. The first kappa shape index (κ1) is 15.0. The zero-order valence-corrected chi connectivity index (χ0v) is 12.7. The van der Waals surface area contributed by atoms with E-state index in [0.717, 1.165) is 38.8 Å². The van der Waals surface area contributed by atoms with Crippen LogP contribution in [0, 0.1) is 0 Å². The number of benzene rings is 1. The van der Waals surface area contributed by atoms with Crippen molar-refractivity contribution in [3.63, 3.8) is 0 Å². The number of carbonyl (C=O) groups excluding carboxylic acids is 1. The van der Waals surface area contributed by atoms with Crippen LogP contribution in [0.2, 0.25) is 0 Å². The summed E-state index contributed by atoms with van der Waals surface area (Å²) in [6, 6.07) is 10.3. The third-order valence-corrected chi connectivity index (χ3v) is 4.31. The molecule has 1 amide bonds. The molecule has 1 saturated carbocycles. The number of nitrogens with zero attached hydrogens (tertiary/aromatic N) is 1. The number of hydrogen-bond acceptors (Lipinski definition) is 2. The van der Waals surface area contributed by atoms with Crippen molar-refractivity contribution >= 4 is 5.91 Å². The molecule has 0 bridgehead atoms. The Hall–Kier alpha value is -1.35. The third kappa shape index (κ3) is 3.40. The molecule has 0 heterocycles. The molecule has 1 N–H and O–H groups in total. The van der Waals surface area contributed by atoms with E-state index in [1.54, 1.807) is 0 Å². The van der Waals surface area contributed by atoms with Crippen LogP contribution in [0.15, 0.2) is 30.3 Å². The summed E-state index contributed by atoms with van der Waals surface area (Å²) >= 11 is 0. The average Bonchev–Trinajstić information content (AvgIpc) is 2.48. The number of likely N-dealkylation sites (N-methyl/N-ethyl adjacent to an activating group) is 1. The van der Waals surface area contributed by atoms with Crippen molar-refractivity contribution in [2.24, 2.45) is 0 Å². The average molecular weight is 274 g/mol. The normalized spacial score (nSPS) is 17.9. The van der Waals surface area contributed by atoms with E-state index in [-0.39, 0.29) is 11.3 Å². The van der Waals surface area contributed by atoms with Crippen LogP contribution in [-0.2, 0) is 10.2 Å². The number of hydrogen-bond donors (Lipinski definition) is 1. The largest absolute Gasteiger partial charge is 0.354 e. The van der Waals surface area contributed by atoms with Crippen LogP contribution in [0.25, 0.3) is 0 Å². The number of rotatable bonds is 5. The minimum atomic E-state index is -0.300. The first-order valence-corrected chi connectivity index (χ1v) is 7.64. The van der Waals surface area contributed by atoms with Crippen molar-refractivity contribution < 1.29 is 4.79 Å². The molecular weight excluding hydrogens is 248 g/mol. The summed E-state index contributed by atoms with van der Waals surface area (Å²) in [4.78, 5) is 14.9. The lowest BCUT2D eigenvalue weighted by molar-refractivity contribution is -0.128. The summed E-state index contributed by atoms with van der Waals surface area (Å²) in [6.07, 6.45) is 5.50. The molecule has 1 aromatic carbocycles. The fraction of sp³-hybridized carbons (Fsp3) is 0.588. The van der Waals surface area contributed by atoms with Gasteiger partial charge in [-0.05, 0) is 32.5 Å². The van der Waals surface area contributed by atoms with Gasteiger partial charge in [-0.2, -0.15) is 0 Å². The van der Waals surface area contributed by atoms with Crippen LogP contribution in [0.5, 0.6) is 0 Å². The van der Waals surface area contributed by atoms with Gasteiger partial charge in [0.2, 0.25) is 5.91 Å². The predicted octanol–water partition coefficient (Wildman–Crippen LogP) is 2.57. The van der Waals surface area contributed by atoms with Crippen molar-refractivity contribution in [3.8, 4) is 0 Å². The highest BCUT2D eigenvalue weighted by Gasteiger charge is 2.40. The molecule has 2 rings (SSSR count). The van der Waals surface area contributed by atoms with E-state index in [1.165, 1.54) is 12.0 Å². The molecule has 0 unspecified atom stereocenters. The Morgan fingerprint density at radius 3 is 2.40 bits per heavy atom. The molecule has 0 aliphatic heterocycles. The van der Waals surface area contributed by atoms with E-state index >= 15 is 0 Å². The highest BCUT2D eigenvalue weighted by molar-refractivity contribution is 5.88. The van der Waals surface area contributed by atoms with Gasteiger partial charge >= 0.3 is 0 Å². The van der Waals surface area contributed by atoms with Crippen LogP contribution >= 0.6 is 0 Å². The third-order valence-electron chi connectivity index (χ3n) is 4.31. The van der Waals surface area contributed by atoms with Crippen molar-refractivity contribution in [2.45, 2.75) is 37.5 Å². The molecule has 1 fully saturated rings. The molecule has 3 nitrogen and oxygen atoms in total. The lowest BCUT2D eigenvalue weighted by atomic mass is 9.68. The van der Waals surface area contributed by atoms with Gasteiger partial charge in [0, 0.05) is 13.1 Å². The van der Waals surface area contributed by atoms with E-state index in [2.05, 4.69) is 22.3 Å². The summed E-state index contributed by atoms with van der Waals surface area (Å²) < 4.78 is 0. The lowest BCUT2D eigenvalue weighted by Crippen LogP contribution is -2.47. The SMILES string of the molecule is CN(C)CCNC(=O)C1(c2ccccc2)CCCCC1. The molecule has 0 aromatic heterocycles. The standard InChI is InChI=1S/C17H26N2O/c1-19(2)14-13-18-16(20)17(11-7-4-8-12-17)15-9-5-3-6-10-15/h3,5-6,9-10H,4,7-8,11-14H2,1-2H3,(H,18,20). The van der Waals surface area contributed by atoms with Gasteiger partial charge in [-0.25, -0.2) is 0 Å². The van der Waals surface area contributed by atoms with Crippen molar-refractivity contribution in [2.75, 3.05) is 27.2 Å². The quantitative estimate of drug-likeness (QED) is 0.895. The zero-order valence-electron chi connectivity index (χ0n) is 12.7. The second-order valence-electron chi connectivity index (χ2n) is 6.07. The van der Waals surface area contributed by atoms with E-state index in [1.807, 2.05) is 32.3 Å². The Balaban J connectivity index is 2.13. The number of amides is 1. The first-order valence-electron chi connectivity index (χ1n) is 7.64. The summed E-state index contributed by atoms with van der Waals surface area (Å²) in [5.74, 6) is 0.213. The smallest absolute Gasteiger partial charge is 0.230 e. The second kappa shape index (κ2) is 6.89. The Morgan fingerprint density at radius 1 is 1.15 bits per heavy atom. The highest BCUT2D eigenvalue weighted by Crippen LogP contribution is 2.39. The molecule has 0 atom stereocenters. The first-order chi connectivity index (χ1) is 9.65. The molecule has 0 spiro atoms. The van der Waals surface area contributed by atoms with Crippen molar-refractivity contribution in [1.29, 1.82) is 0 Å². The highest BCUT2D eigenvalue weighted by atomic mass is 16.2. The summed E-state index contributed by atoms with van der Waals surface area (Å²) in [5, 5.41) is 3.14. The molecule has 0 saturated heterocycles. The maximum Gasteiger partial charge on any atom is 0.230 e. The van der Waals surface area contributed by atoms with Gasteiger partial charge in [0.1, 0.15) is 0 Å². The van der Waals surface area contributed by atoms with Gasteiger partial charge in [0.15, 0.2) is 0 Å². The predicted molar refractivity (Wildman–Crippen MR) is 82.8 cm³/mol. The molecule has 1 aliphatic rings. The van der Waals surface area contributed by atoms with Crippen LogP contribution in [0.3, 0.4) is 0 Å². The Bertz CT molecular complexity index is 422. The van der Waals surface area contributed by atoms with Gasteiger partial charge < -0.3 is 10.2 Å². The van der Waals surface area contributed by atoms with E-state index in [4.69, 9.17) is 0 Å². The van der Waals surface area contributed by atoms with Gasteiger partial charge in [-0.15, -0.1) is 0 Å². The molecule has 110 valence electrons. The fourth-order valence-corrected chi connectivity index (χ4v) is 3.12. The Morgan fingerprint density at radius 2 is 1.80 bits per heavy atom.